The average Bonchev–Trinajstić information content (AvgIpc) is 2.91. The van der Waals surface area contributed by atoms with Crippen molar-refractivity contribution < 1.29 is 19.1 Å². The fourth-order valence-corrected chi connectivity index (χ4v) is 3.64. The summed E-state index contributed by atoms with van der Waals surface area (Å²) in [5.41, 5.74) is 3.78. The predicted octanol–water partition coefficient (Wildman–Crippen LogP) is 6.54. The number of carbonyl (C=O) groups is 3. The molecular weight excluding hydrogens is 466 g/mol. The lowest BCUT2D eigenvalue weighted by Gasteiger charge is -2.12. The van der Waals surface area contributed by atoms with E-state index in [-0.39, 0.29) is 22.5 Å². The Balaban J connectivity index is 1.49. The number of anilines is 3. The first-order valence-corrected chi connectivity index (χ1v) is 11.7. The summed E-state index contributed by atoms with van der Waals surface area (Å²) in [5.74, 6) is 0.209. The number of amides is 2. The van der Waals surface area contributed by atoms with Gasteiger partial charge in [0.25, 0.3) is 11.8 Å². The molecular formula is C30H27N3O4. The first-order chi connectivity index (χ1) is 17.8. The van der Waals surface area contributed by atoms with Crippen LogP contribution in [0.4, 0.5) is 17.1 Å². The van der Waals surface area contributed by atoms with Crippen LogP contribution in [-0.2, 0) is 0 Å². The number of hydrogen-bond donors (Lipinski definition) is 3. The molecule has 7 nitrogen and oxygen atoms in total. The summed E-state index contributed by atoms with van der Waals surface area (Å²) >= 11 is 0. The number of benzene rings is 4. The molecule has 3 N–H and O–H groups in total. The predicted molar refractivity (Wildman–Crippen MR) is 146 cm³/mol. The van der Waals surface area contributed by atoms with E-state index in [0.29, 0.717) is 22.9 Å². The Bertz CT molecular complexity index is 1440. The molecule has 0 aromatic heterocycles. The van der Waals surface area contributed by atoms with E-state index in [1.54, 1.807) is 30.3 Å². The molecule has 2 amide bonds. The smallest absolute Gasteiger partial charge is 0.255 e. The van der Waals surface area contributed by atoms with E-state index in [1.807, 2.05) is 56.4 Å². The molecule has 0 aliphatic heterocycles. The van der Waals surface area contributed by atoms with Crippen molar-refractivity contribution in [1.29, 1.82) is 0 Å². The maximum atomic E-state index is 13.0. The number of carbonyl (C=O) groups excluding carboxylic acids is 3. The lowest BCUT2D eigenvalue weighted by molar-refractivity contribution is 0.101. The standard InChI is InChI=1S/C30H27N3O4/c1-19-6-4-5-7-28(19)33-30(36)23-17-21(20(2)34)16-22(18-23)29(35)32-25-10-14-27(15-11-25)37-26-12-8-24(31-3)9-13-26/h4-18,31H,1-3H3,(H,32,35)(H,33,36). The number of Topliss-reactive ketones (excluding diaryl/α,β-unsaturated/α-hetero) is 1. The normalized spacial score (nSPS) is 10.4. The molecule has 4 aromatic rings. The number of aryl methyl sites for hydroxylation is 1. The first-order valence-electron chi connectivity index (χ1n) is 11.7. The van der Waals surface area contributed by atoms with Gasteiger partial charge >= 0.3 is 0 Å². The Morgan fingerprint density at radius 1 is 0.649 bits per heavy atom. The summed E-state index contributed by atoms with van der Waals surface area (Å²) < 4.78 is 5.84. The van der Waals surface area contributed by atoms with Crippen LogP contribution in [0.25, 0.3) is 0 Å². The van der Waals surface area contributed by atoms with Crippen molar-refractivity contribution in [2.24, 2.45) is 0 Å². The second-order valence-corrected chi connectivity index (χ2v) is 8.48. The Morgan fingerprint density at radius 3 is 1.70 bits per heavy atom. The van der Waals surface area contributed by atoms with Crippen molar-refractivity contribution in [2.45, 2.75) is 13.8 Å². The van der Waals surface area contributed by atoms with Crippen molar-refractivity contribution in [3.63, 3.8) is 0 Å². The molecule has 0 spiro atoms. The number of rotatable bonds is 8. The number of nitrogens with one attached hydrogen (secondary N) is 3. The molecule has 4 rings (SSSR count). The molecule has 0 fully saturated rings. The van der Waals surface area contributed by atoms with Gasteiger partial charge in [-0.2, -0.15) is 0 Å². The summed E-state index contributed by atoms with van der Waals surface area (Å²) in [5, 5.41) is 8.70. The monoisotopic (exact) mass is 493 g/mol. The zero-order chi connectivity index (χ0) is 26.4. The molecule has 0 bridgehead atoms. The van der Waals surface area contributed by atoms with Gasteiger partial charge in [-0.3, -0.25) is 14.4 Å². The van der Waals surface area contributed by atoms with Crippen LogP contribution in [-0.4, -0.2) is 24.6 Å². The van der Waals surface area contributed by atoms with Crippen molar-refractivity contribution in [2.75, 3.05) is 23.0 Å². The van der Waals surface area contributed by atoms with Crippen LogP contribution in [0.1, 0.15) is 43.6 Å². The zero-order valence-electron chi connectivity index (χ0n) is 20.8. The molecule has 0 aliphatic carbocycles. The largest absolute Gasteiger partial charge is 0.457 e. The summed E-state index contributed by atoms with van der Waals surface area (Å²) in [7, 11) is 1.85. The first kappa shape index (κ1) is 25.2. The third-order valence-corrected chi connectivity index (χ3v) is 5.75. The van der Waals surface area contributed by atoms with Crippen molar-refractivity contribution in [3.05, 3.63) is 113 Å². The van der Waals surface area contributed by atoms with Gasteiger partial charge < -0.3 is 20.7 Å². The Kier molecular flexibility index (Phi) is 7.64. The molecule has 186 valence electrons. The molecule has 37 heavy (non-hydrogen) atoms. The van der Waals surface area contributed by atoms with Crippen LogP contribution >= 0.6 is 0 Å². The van der Waals surface area contributed by atoms with Gasteiger partial charge in [-0.05, 0) is 92.2 Å². The van der Waals surface area contributed by atoms with Gasteiger partial charge in [0, 0.05) is 40.8 Å². The van der Waals surface area contributed by atoms with Crippen molar-refractivity contribution in [3.8, 4) is 11.5 Å². The number of hydrogen-bond acceptors (Lipinski definition) is 5. The Labute approximate surface area is 215 Å². The lowest BCUT2D eigenvalue weighted by atomic mass is 10.0. The third-order valence-electron chi connectivity index (χ3n) is 5.75. The molecule has 0 saturated carbocycles. The molecule has 0 atom stereocenters. The van der Waals surface area contributed by atoms with Gasteiger partial charge in [0.05, 0.1) is 0 Å². The highest BCUT2D eigenvalue weighted by atomic mass is 16.5. The van der Waals surface area contributed by atoms with Crippen molar-refractivity contribution >= 4 is 34.7 Å². The SMILES string of the molecule is CNc1ccc(Oc2ccc(NC(=O)c3cc(C(C)=O)cc(C(=O)Nc4ccccc4C)c3)cc2)cc1. The third kappa shape index (κ3) is 6.41. The molecule has 0 heterocycles. The average molecular weight is 494 g/mol. The molecule has 7 heteroatoms. The van der Waals surface area contributed by atoms with Gasteiger partial charge in [0.15, 0.2) is 5.78 Å². The minimum absolute atomic E-state index is 0.201. The second kappa shape index (κ2) is 11.2. The summed E-state index contributed by atoms with van der Waals surface area (Å²) in [6.07, 6.45) is 0. The van der Waals surface area contributed by atoms with Gasteiger partial charge in [0.1, 0.15) is 11.5 Å². The van der Waals surface area contributed by atoms with Crippen LogP contribution in [0.15, 0.2) is 91.0 Å². The van der Waals surface area contributed by atoms with E-state index in [9.17, 15) is 14.4 Å². The van der Waals surface area contributed by atoms with Crippen LogP contribution in [0.2, 0.25) is 0 Å². The van der Waals surface area contributed by atoms with Crippen LogP contribution < -0.4 is 20.7 Å². The highest BCUT2D eigenvalue weighted by molar-refractivity contribution is 6.11. The topological polar surface area (TPSA) is 96.5 Å². The van der Waals surface area contributed by atoms with Gasteiger partial charge in [-0.15, -0.1) is 0 Å². The van der Waals surface area contributed by atoms with Gasteiger partial charge in [-0.1, -0.05) is 18.2 Å². The summed E-state index contributed by atoms with van der Waals surface area (Å²) in [6, 6.07) is 26.3. The van der Waals surface area contributed by atoms with E-state index in [0.717, 1.165) is 11.3 Å². The maximum absolute atomic E-state index is 13.0. The zero-order valence-corrected chi connectivity index (χ0v) is 20.8. The molecule has 0 radical (unpaired) electrons. The quantitative estimate of drug-likeness (QED) is 0.242. The van der Waals surface area contributed by atoms with Gasteiger partial charge in [0.2, 0.25) is 0 Å². The fraction of sp³-hybridized carbons (Fsp3) is 0.100. The van der Waals surface area contributed by atoms with Crippen LogP contribution in [0.5, 0.6) is 11.5 Å². The lowest BCUT2D eigenvalue weighted by Crippen LogP contribution is -2.17. The van der Waals surface area contributed by atoms with E-state index in [2.05, 4.69) is 16.0 Å². The number of para-hydroxylation sites is 1. The Hall–Kier alpha value is -4.91. The van der Waals surface area contributed by atoms with E-state index >= 15 is 0 Å². The highest BCUT2D eigenvalue weighted by Gasteiger charge is 2.16. The minimum Gasteiger partial charge on any atom is -0.457 e. The van der Waals surface area contributed by atoms with Gasteiger partial charge in [-0.25, -0.2) is 0 Å². The summed E-state index contributed by atoms with van der Waals surface area (Å²) in [4.78, 5) is 38.1. The minimum atomic E-state index is -0.440. The second-order valence-electron chi connectivity index (χ2n) is 8.48. The summed E-state index contributed by atoms with van der Waals surface area (Å²) in [6.45, 7) is 3.28. The van der Waals surface area contributed by atoms with E-state index < -0.39 is 11.8 Å². The number of ether oxygens (including phenoxy) is 1. The van der Waals surface area contributed by atoms with Crippen molar-refractivity contribution in [1.82, 2.24) is 0 Å². The van der Waals surface area contributed by atoms with E-state index in [1.165, 1.54) is 25.1 Å². The molecule has 0 saturated heterocycles. The molecule has 0 aliphatic rings. The Morgan fingerprint density at radius 2 is 1.16 bits per heavy atom. The van der Waals surface area contributed by atoms with Crippen LogP contribution in [0, 0.1) is 6.92 Å². The van der Waals surface area contributed by atoms with Crippen LogP contribution in [0.3, 0.4) is 0 Å². The molecule has 4 aromatic carbocycles. The van der Waals surface area contributed by atoms with E-state index in [4.69, 9.17) is 4.74 Å². The maximum Gasteiger partial charge on any atom is 0.255 e. The fourth-order valence-electron chi connectivity index (χ4n) is 3.64. The molecule has 0 unspecified atom stereocenters. The number of ketones is 1. The highest BCUT2D eigenvalue weighted by Crippen LogP contribution is 2.25.